The molecule has 102 valence electrons. The summed E-state index contributed by atoms with van der Waals surface area (Å²) in [5, 5.41) is 11.7. The number of methoxy groups -OCH3 is 1. The van der Waals surface area contributed by atoms with Gasteiger partial charge in [0.25, 0.3) is 5.91 Å². The van der Waals surface area contributed by atoms with E-state index in [1.165, 1.54) is 0 Å². The zero-order chi connectivity index (χ0) is 13.8. The minimum absolute atomic E-state index is 0.0658. The lowest BCUT2D eigenvalue weighted by atomic mass is 10.1. The molecule has 0 heterocycles. The van der Waals surface area contributed by atoms with Crippen LogP contribution in [0.5, 0.6) is 0 Å². The van der Waals surface area contributed by atoms with Gasteiger partial charge in [0.1, 0.15) is 6.04 Å². The Bertz CT molecular complexity index is 482. The zero-order valence-electron chi connectivity index (χ0n) is 10.8. The van der Waals surface area contributed by atoms with Gasteiger partial charge in [-0.3, -0.25) is 4.79 Å². The van der Waals surface area contributed by atoms with Crippen molar-refractivity contribution in [2.24, 2.45) is 5.92 Å². The molecular formula is C14H17NO4. The van der Waals surface area contributed by atoms with E-state index in [9.17, 15) is 9.59 Å². The fraction of sp³-hybridized carbons (Fsp3) is 0.429. The summed E-state index contributed by atoms with van der Waals surface area (Å²) in [4.78, 5) is 23.3. The molecule has 1 amide bonds. The van der Waals surface area contributed by atoms with Gasteiger partial charge in [-0.05, 0) is 30.4 Å². The van der Waals surface area contributed by atoms with Crippen molar-refractivity contribution in [3.05, 3.63) is 35.4 Å². The van der Waals surface area contributed by atoms with Gasteiger partial charge in [0, 0.05) is 12.7 Å². The van der Waals surface area contributed by atoms with Crippen molar-refractivity contribution in [2.75, 3.05) is 7.11 Å². The molecule has 0 aliphatic heterocycles. The second kappa shape index (κ2) is 5.84. The number of amides is 1. The fourth-order valence-electron chi connectivity index (χ4n) is 2.05. The predicted molar refractivity (Wildman–Crippen MR) is 68.8 cm³/mol. The lowest BCUT2D eigenvalue weighted by Gasteiger charge is -2.15. The Balaban J connectivity index is 2.12. The Morgan fingerprint density at radius 3 is 2.68 bits per heavy atom. The van der Waals surface area contributed by atoms with Crippen molar-refractivity contribution in [3.8, 4) is 0 Å². The van der Waals surface area contributed by atoms with Crippen LogP contribution in [0.3, 0.4) is 0 Å². The van der Waals surface area contributed by atoms with Gasteiger partial charge in [0.05, 0.1) is 6.61 Å². The molecule has 0 saturated heterocycles. The van der Waals surface area contributed by atoms with Crippen molar-refractivity contribution in [3.63, 3.8) is 0 Å². The van der Waals surface area contributed by atoms with Crippen LogP contribution >= 0.6 is 0 Å². The topological polar surface area (TPSA) is 75.6 Å². The largest absolute Gasteiger partial charge is 0.480 e. The van der Waals surface area contributed by atoms with E-state index >= 15 is 0 Å². The summed E-state index contributed by atoms with van der Waals surface area (Å²) in [7, 11) is 1.55. The molecule has 1 unspecified atom stereocenters. The van der Waals surface area contributed by atoms with Gasteiger partial charge in [-0.2, -0.15) is 0 Å². The number of hydrogen-bond acceptors (Lipinski definition) is 3. The number of carbonyl (C=O) groups is 2. The molecule has 0 bridgehead atoms. The van der Waals surface area contributed by atoms with E-state index in [0.29, 0.717) is 12.2 Å². The summed E-state index contributed by atoms with van der Waals surface area (Å²) in [5.74, 6) is -1.26. The van der Waals surface area contributed by atoms with Gasteiger partial charge in [0.2, 0.25) is 0 Å². The van der Waals surface area contributed by atoms with Crippen molar-refractivity contribution < 1.29 is 19.4 Å². The molecular weight excluding hydrogens is 246 g/mol. The molecule has 0 spiro atoms. The molecule has 2 N–H and O–H groups in total. The van der Waals surface area contributed by atoms with E-state index in [-0.39, 0.29) is 11.8 Å². The molecule has 1 aliphatic rings. The number of carboxylic acid groups (broad SMARTS) is 1. The van der Waals surface area contributed by atoms with E-state index in [1.54, 1.807) is 25.3 Å². The average Bonchev–Trinajstić information content (AvgIpc) is 3.20. The van der Waals surface area contributed by atoms with Crippen LogP contribution in [0.2, 0.25) is 0 Å². The number of carbonyl (C=O) groups excluding carboxylic acids is 1. The Labute approximate surface area is 111 Å². The Kier molecular flexibility index (Phi) is 4.16. The van der Waals surface area contributed by atoms with Gasteiger partial charge in [-0.1, -0.05) is 18.2 Å². The molecule has 5 nitrogen and oxygen atoms in total. The quantitative estimate of drug-likeness (QED) is 0.814. The van der Waals surface area contributed by atoms with Crippen LogP contribution < -0.4 is 5.32 Å². The highest BCUT2D eigenvalue weighted by Gasteiger charge is 2.37. The second-order valence-electron chi connectivity index (χ2n) is 4.72. The van der Waals surface area contributed by atoms with Crippen molar-refractivity contribution in [1.29, 1.82) is 0 Å². The normalized spacial score (nSPS) is 15.8. The molecule has 19 heavy (non-hydrogen) atoms. The maximum absolute atomic E-state index is 12.2. The monoisotopic (exact) mass is 263 g/mol. The lowest BCUT2D eigenvalue weighted by molar-refractivity contribution is -0.139. The number of aliphatic carboxylic acids is 1. The van der Waals surface area contributed by atoms with Gasteiger partial charge in [-0.25, -0.2) is 4.79 Å². The highest BCUT2D eigenvalue weighted by atomic mass is 16.5. The third-order valence-electron chi connectivity index (χ3n) is 3.21. The molecule has 1 atom stereocenters. The summed E-state index contributed by atoms with van der Waals surface area (Å²) in [5.41, 5.74) is 1.22. The van der Waals surface area contributed by atoms with Gasteiger partial charge in [0.15, 0.2) is 0 Å². The standard InChI is InChI=1S/C14H17NO4/c1-19-8-10-4-2-3-5-11(10)13(16)15-12(14(17)18)9-6-7-9/h2-5,9,12H,6-8H2,1H3,(H,15,16)(H,17,18). The minimum Gasteiger partial charge on any atom is -0.480 e. The van der Waals surface area contributed by atoms with Crippen LogP contribution in [0, 0.1) is 5.92 Å². The van der Waals surface area contributed by atoms with Crippen LogP contribution in [0.1, 0.15) is 28.8 Å². The molecule has 1 aromatic carbocycles. The van der Waals surface area contributed by atoms with E-state index < -0.39 is 12.0 Å². The summed E-state index contributed by atoms with van der Waals surface area (Å²) in [6, 6.07) is 6.26. The fourth-order valence-corrected chi connectivity index (χ4v) is 2.05. The Morgan fingerprint density at radius 1 is 1.42 bits per heavy atom. The van der Waals surface area contributed by atoms with Crippen LogP contribution in [-0.2, 0) is 16.1 Å². The second-order valence-corrected chi connectivity index (χ2v) is 4.72. The van der Waals surface area contributed by atoms with E-state index in [0.717, 1.165) is 18.4 Å². The highest BCUT2D eigenvalue weighted by molar-refractivity contribution is 5.97. The summed E-state index contributed by atoms with van der Waals surface area (Å²) >= 11 is 0. The van der Waals surface area contributed by atoms with Crippen molar-refractivity contribution >= 4 is 11.9 Å². The number of ether oxygens (including phenoxy) is 1. The van der Waals surface area contributed by atoms with Crippen molar-refractivity contribution in [1.82, 2.24) is 5.32 Å². The number of nitrogens with one attached hydrogen (secondary N) is 1. The summed E-state index contributed by atoms with van der Waals surface area (Å²) in [6.45, 7) is 0.324. The molecule has 2 rings (SSSR count). The maximum Gasteiger partial charge on any atom is 0.326 e. The first kappa shape index (κ1) is 13.5. The van der Waals surface area contributed by atoms with Crippen molar-refractivity contribution in [2.45, 2.75) is 25.5 Å². The number of hydrogen-bond donors (Lipinski definition) is 2. The first-order chi connectivity index (χ1) is 9.13. The SMILES string of the molecule is COCc1ccccc1C(=O)NC(C(=O)O)C1CC1. The zero-order valence-corrected chi connectivity index (χ0v) is 10.8. The molecule has 0 aromatic heterocycles. The average molecular weight is 263 g/mol. The Morgan fingerprint density at radius 2 is 2.11 bits per heavy atom. The summed E-state index contributed by atoms with van der Waals surface area (Å²) < 4.78 is 5.03. The lowest BCUT2D eigenvalue weighted by Crippen LogP contribution is -2.42. The molecule has 1 aromatic rings. The third kappa shape index (κ3) is 3.32. The smallest absolute Gasteiger partial charge is 0.326 e. The molecule has 5 heteroatoms. The number of carboxylic acids is 1. The first-order valence-electron chi connectivity index (χ1n) is 6.24. The third-order valence-corrected chi connectivity index (χ3v) is 3.21. The maximum atomic E-state index is 12.2. The minimum atomic E-state index is -0.972. The molecule has 1 fully saturated rings. The first-order valence-corrected chi connectivity index (χ1v) is 6.24. The van der Waals surface area contributed by atoms with E-state index in [2.05, 4.69) is 5.32 Å². The van der Waals surface area contributed by atoms with Crippen LogP contribution in [0.4, 0.5) is 0 Å². The van der Waals surface area contributed by atoms with E-state index in [4.69, 9.17) is 9.84 Å². The van der Waals surface area contributed by atoms with Gasteiger partial charge >= 0.3 is 5.97 Å². The Hall–Kier alpha value is -1.88. The van der Waals surface area contributed by atoms with Crippen LogP contribution in [0.15, 0.2) is 24.3 Å². The van der Waals surface area contributed by atoms with Gasteiger partial charge in [-0.15, -0.1) is 0 Å². The predicted octanol–water partition coefficient (Wildman–Crippen LogP) is 1.43. The molecule has 1 saturated carbocycles. The summed E-state index contributed by atoms with van der Waals surface area (Å²) in [6.07, 6.45) is 1.72. The molecule has 1 aliphatic carbocycles. The van der Waals surface area contributed by atoms with Crippen LogP contribution in [0.25, 0.3) is 0 Å². The molecule has 0 radical (unpaired) electrons. The highest BCUT2D eigenvalue weighted by Crippen LogP contribution is 2.32. The van der Waals surface area contributed by atoms with E-state index in [1.807, 2.05) is 6.07 Å². The number of rotatable bonds is 6. The number of benzene rings is 1. The van der Waals surface area contributed by atoms with Crippen LogP contribution in [-0.4, -0.2) is 30.1 Å². The van der Waals surface area contributed by atoms with Gasteiger partial charge < -0.3 is 15.2 Å².